The highest BCUT2D eigenvalue weighted by Gasteiger charge is 1.91. The van der Waals surface area contributed by atoms with Gasteiger partial charge in [-0.05, 0) is 24.3 Å². The molecule has 60 valence electrons. The fourth-order valence-corrected chi connectivity index (χ4v) is 0.847. The molecule has 11 heavy (non-hydrogen) atoms. The molecule has 2 nitrogen and oxygen atoms in total. The molecular formula is C8H11ClNO+. The molecule has 0 aromatic heterocycles. The lowest BCUT2D eigenvalue weighted by molar-refractivity contribution is -0.370. The molecule has 0 fully saturated rings. The molecule has 1 aromatic rings. The molecule has 0 spiro atoms. The number of ether oxygens (including phenoxy) is 1. The Labute approximate surface area is 70.9 Å². The lowest BCUT2D eigenvalue weighted by atomic mass is 10.3. The highest BCUT2D eigenvalue weighted by molar-refractivity contribution is 6.30. The van der Waals surface area contributed by atoms with Crippen molar-refractivity contribution >= 4 is 11.6 Å². The van der Waals surface area contributed by atoms with Gasteiger partial charge in [-0.2, -0.15) is 0 Å². The van der Waals surface area contributed by atoms with Gasteiger partial charge in [-0.3, -0.25) is 0 Å². The average molecular weight is 173 g/mol. The third-order valence-corrected chi connectivity index (χ3v) is 1.48. The fraction of sp³-hybridized carbons (Fsp3) is 0.250. The molecule has 0 aliphatic rings. The van der Waals surface area contributed by atoms with Crippen LogP contribution in [0, 0.1) is 0 Å². The molecule has 3 heteroatoms. The predicted octanol–water partition coefficient (Wildman–Crippen LogP) is 0.961. The van der Waals surface area contributed by atoms with Crippen molar-refractivity contribution < 1.29 is 10.5 Å². The Morgan fingerprint density at radius 2 is 1.91 bits per heavy atom. The third-order valence-electron chi connectivity index (χ3n) is 1.23. The topological polar surface area (TPSA) is 36.9 Å². The minimum absolute atomic E-state index is 0.654. The first-order valence-corrected chi connectivity index (χ1v) is 3.88. The first kappa shape index (κ1) is 8.37. The second-order valence-corrected chi connectivity index (χ2v) is 2.59. The number of benzene rings is 1. The molecule has 0 aliphatic carbocycles. The Morgan fingerprint density at radius 3 is 2.45 bits per heavy atom. The zero-order valence-electron chi connectivity index (χ0n) is 6.22. The third kappa shape index (κ3) is 2.78. The summed E-state index contributed by atoms with van der Waals surface area (Å²) >= 11 is 5.68. The summed E-state index contributed by atoms with van der Waals surface area (Å²) < 4.78 is 5.29. The van der Waals surface area contributed by atoms with Gasteiger partial charge < -0.3 is 10.5 Å². The maximum atomic E-state index is 5.68. The second kappa shape index (κ2) is 4.21. The van der Waals surface area contributed by atoms with Crippen LogP contribution in [0.4, 0.5) is 0 Å². The SMILES string of the molecule is [NH3+]CCOc1ccc(Cl)cc1. The summed E-state index contributed by atoms with van der Waals surface area (Å²) in [5.74, 6) is 0.845. The first-order valence-electron chi connectivity index (χ1n) is 3.50. The normalized spacial score (nSPS) is 9.64. The van der Waals surface area contributed by atoms with Crippen molar-refractivity contribution in [3.63, 3.8) is 0 Å². The monoisotopic (exact) mass is 172 g/mol. The van der Waals surface area contributed by atoms with Crippen molar-refractivity contribution in [2.75, 3.05) is 13.2 Å². The molecule has 0 heterocycles. The molecule has 1 aromatic carbocycles. The molecule has 0 saturated carbocycles. The van der Waals surface area contributed by atoms with Gasteiger partial charge in [0.05, 0.1) is 0 Å². The second-order valence-electron chi connectivity index (χ2n) is 2.16. The summed E-state index contributed by atoms with van der Waals surface area (Å²) in [6, 6.07) is 7.30. The largest absolute Gasteiger partial charge is 0.488 e. The van der Waals surface area contributed by atoms with Crippen molar-refractivity contribution in [1.82, 2.24) is 0 Å². The van der Waals surface area contributed by atoms with Crippen molar-refractivity contribution in [2.24, 2.45) is 0 Å². The van der Waals surface area contributed by atoms with Crippen molar-refractivity contribution in [2.45, 2.75) is 0 Å². The van der Waals surface area contributed by atoms with Gasteiger partial charge in [-0.1, -0.05) is 11.6 Å². The molecule has 0 radical (unpaired) electrons. The Morgan fingerprint density at radius 1 is 1.27 bits per heavy atom. The van der Waals surface area contributed by atoms with E-state index in [1.165, 1.54) is 0 Å². The van der Waals surface area contributed by atoms with E-state index in [2.05, 4.69) is 5.73 Å². The zero-order chi connectivity index (χ0) is 8.10. The van der Waals surface area contributed by atoms with Crippen molar-refractivity contribution in [1.29, 1.82) is 0 Å². The van der Waals surface area contributed by atoms with E-state index in [9.17, 15) is 0 Å². The van der Waals surface area contributed by atoms with Gasteiger partial charge in [0.25, 0.3) is 0 Å². The van der Waals surface area contributed by atoms with Crippen LogP contribution in [0.15, 0.2) is 24.3 Å². The van der Waals surface area contributed by atoms with Crippen LogP contribution in [0.2, 0.25) is 5.02 Å². The van der Waals surface area contributed by atoms with Crippen LogP contribution in [0.25, 0.3) is 0 Å². The number of quaternary nitrogens is 1. The van der Waals surface area contributed by atoms with E-state index in [4.69, 9.17) is 16.3 Å². The lowest BCUT2D eigenvalue weighted by Crippen LogP contribution is -2.52. The van der Waals surface area contributed by atoms with Gasteiger partial charge in [0.15, 0.2) is 0 Å². The van der Waals surface area contributed by atoms with E-state index in [1.807, 2.05) is 12.1 Å². The highest BCUT2D eigenvalue weighted by atomic mass is 35.5. The molecule has 1 rings (SSSR count). The summed E-state index contributed by atoms with van der Waals surface area (Å²) in [6.45, 7) is 1.43. The lowest BCUT2D eigenvalue weighted by Gasteiger charge is -2.01. The van der Waals surface area contributed by atoms with Crippen LogP contribution in [0.1, 0.15) is 0 Å². The summed E-state index contributed by atoms with van der Waals surface area (Å²) in [6.07, 6.45) is 0. The Kier molecular flexibility index (Phi) is 3.20. The Bertz CT molecular complexity index is 210. The zero-order valence-corrected chi connectivity index (χ0v) is 6.97. The van der Waals surface area contributed by atoms with Crippen LogP contribution >= 0.6 is 11.6 Å². The standard InChI is InChI=1S/C8H10ClNO/c9-7-1-3-8(4-2-7)11-6-5-10/h1-4H,5-6,10H2/p+1. The summed E-state index contributed by atoms with van der Waals surface area (Å²) in [7, 11) is 0. The van der Waals surface area contributed by atoms with Crippen LogP contribution in [-0.4, -0.2) is 13.2 Å². The molecule has 0 saturated heterocycles. The molecular weight excluding hydrogens is 162 g/mol. The molecule has 0 bridgehead atoms. The van der Waals surface area contributed by atoms with E-state index >= 15 is 0 Å². The number of halogens is 1. The first-order chi connectivity index (χ1) is 5.33. The van der Waals surface area contributed by atoms with E-state index in [0.29, 0.717) is 6.61 Å². The van der Waals surface area contributed by atoms with E-state index < -0.39 is 0 Å². The average Bonchev–Trinajstić information content (AvgIpc) is 2.04. The molecule has 3 N–H and O–H groups in total. The van der Waals surface area contributed by atoms with E-state index in [-0.39, 0.29) is 0 Å². The maximum Gasteiger partial charge on any atom is 0.137 e. The van der Waals surface area contributed by atoms with Gasteiger partial charge in [0.1, 0.15) is 18.9 Å². The summed E-state index contributed by atoms with van der Waals surface area (Å²) in [4.78, 5) is 0. The summed E-state index contributed by atoms with van der Waals surface area (Å²) in [5, 5.41) is 0.729. The van der Waals surface area contributed by atoms with Crippen molar-refractivity contribution in [3.8, 4) is 5.75 Å². The Balaban J connectivity index is 2.52. The van der Waals surface area contributed by atoms with Crippen LogP contribution in [0.5, 0.6) is 5.75 Å². The number of hydrogen-bond acceptors (Lipinski definition) is 1. The summed E-state index contributed by atoms with van der Waals surface area (Å²) in [5.41, 5.74) is 3.67. The van der Waals surface area contributed by atoms with Crippen LogP contribution < -0.4 is 10.5 Å². The smallest absolute Gasteiger partial charge is 0.137 e. The van der Waals surface area contributed by atoms with Crippen molar-refractivity contribution in [3.05, 3.63) is 29.3 Å². The molecule has 0 aliphatic heterocycles. The maximum absolute atomic E-state index is 5.68. The molecule has 0 unspecified atom stereocenters. The fourth-order valence-electron chi connectivity index (χ4n) is 0.721. The van der Waals surface area contributed by atoms with Crippen LogP contribution in [0.3, 0.4) is 0 Å². The predicted molar refractivity (Wildman–Crippen MR) is 44.7 cm³/mol. The van der Waals surface area contributed by atoms with Gasteiger partial charge in [0.2, 0.25) is 0 Å². The number of rotatable bonds is 3. The van der Waals surface area contributed by atoms with Gasteiger partial charge in [-0.15, -0.1) is 0 Å². The van der Waals surface area contributed by atoms with Crippen LogP contribution in [-0.2, 0) is 0 Å². The van der Waals surface area contributed by atoms with Gasteiger partial charge >= 0.3 is 0 Å². The molecule has 0 amide bonds. The molecule has 0 atom stereocenters. The Hall–Kier alpha value is -0.730. The minimum Gasteiger partial charge on any atom is -0.488 e. The quantitative estimate of drug-likeness (QED) is 0.725. The van der Waals surface area contributed by atoms with Gasteiger partial charge in [0, 0.05) is 5.02 Å². The number of hydrogen-bond donors (Lipinski definition) is 1. The van der Waals surface area contributed by atoms with E-state index in [0.717, 1.165) is 17.3 Å². The van der Waals surface area contributed by atoms with Gasteiger partial charge in [-0.25, -0.2) is 0 Å². The highest BCUT2D eigenvalue weighted by Crippen LogP contribution is 2.14. The van der Waals surface area contributed by atoms with E-state index in [1.54, 1.807) is 12.1 Å². The minimum atomic E-state index is 0.654.